The van der Waals surface area contributed by atoms with Crippen LogP contribution in [0.15, 0.2) is 41.5 Å². The lowest BCUT2D eigenvalue weighted by molar-refractivity contribution is -0.0145. The number of nitrogens with zero attached hydrogens (tertiary/aromatic N) is 2. The number of halogens is 4. The molecule has 0 saturated heterocycles. The van der Waals surface area contributed by atoms with Crippen molar-refractivity contribution in [3.8, 4) is 0 Å². The minimum absolute atomic E-state index is 0. The zero-order valence-corrected chi connectivity index (χ0v) is 15.6. The predicted octanol–water partition coefficient (Wildman–Crippen LogP) is 3.05. The van der Waals surface area contributed by atoms with Crippen LogP contribution in [0.1, 0.15) is 21.6 Å². The highest BCUT2D eigenvalue weighted by atomic mass is 35.5. The maximum absolute atomic E-state index is 14.4. The van der Waals surface area contributed by atoms with Crippen LogP contribution in [0.2, 0.25) is 0 Å². The van der Waals surface area contributed by atoms with Crippen molar-refractivity contribution < 1.29 is 22.7 Å². The largest absolute Gasteiger partial charge is 0.385 e. The Balaban J connectivity index is 0.00000280. The van der Waals surface area contributed by atoms with Crippen molar-refractivity contribution in [1.29, 1.82) is 0 Å². The average Bonchev–Trinajstić information content (AvgIpc) is 2.63. The van der Waals surface area contributed by atoms with Gasteiger partial charge in [0.15, 0.2) is 5.54 Å². The summed E-state index contributed by atoms with van der Waals surface area (Å²) >= 11 is 0. The molecule has 3 rings (SSSR count). The highest BCUT2D eigenvalue weighted by Gasteiger charge is 2.46. The van der Waals surface area contributed by atoms with Crippen LogP contribution in [-0.2, 0) is 10.3 Å². The summed E-state index contributed by atoms with van der Waals surface area (Å²) < 4.78 is 47.1. The summed E-state index contributed by atoms with van der Waals surface area (Å²) in [5.74, 6) is -1.55. The SMILES string of the molecule is Cc1ccc(C(=O)Nc2ccc(F)c([C@]3(C(F)F)COCC(N)=N3)c2)cn1.Cl. The van der Waals surface area contributed by atoms with Crippen LogP contribution < -0.4 is 11.1 Å². The van der Waals surface area contributed by atoms with Crippen molar-refractivity contribution in [2.24, 2.45) is 10.7 Å². The van der Waals surface area contributed by atoms with E-state index in [0.717, 1.165) is 17.8 Å². The number of alkyl halides is 2. The average molecular weight is 415 g/mol. The third kappa shape index (κ3) is 4.26. The fourth-order valence-corrected chi connectivity index (χ4v) is 2.74. The van der Waals surface area contributed by atoms with E-state index in [1.165, 1.54) is 12.3 Å². The van der Waals surface area contributed by atoms with Crippen molar-refractivity contribution in [1.82, 2.24) is 4.98 Å². The van der Waals surface area contributed by atoms with Gasteiger partial charge in [-0.25, -0.2) is 13.2 Å². The smallest absolute Gasteiger partial charge is 0.269 e. The van der Waals surface area contributed by atoms with Gasteiger partial charge in [-0.1, -0.05) is 0 Å². The summed E-state index contributed by atoms with van der Waals surface area (Å²) in [6.07, 6.45) is -1.67. The number of carbonyl (C=O) groups is 1. The summed E-state index contributed by atoms with van der Waals surface area (Å²) in [7, 11) is 0. The number of aryl methyl sites for hydroxylation is 1. The van der Waals surface area contributed by atoms with E-state index >= 15 is 0 Å². The number of aliphatic imine (C=N–C) groups is 1. The van der Waals surface area contributed by atoms with Crippen LogP contribution >= 0.6 is 12.4 Å². The summed E-state index contributed by atoms with van der Waals surface area (Å²) in [5.41, 5.74) is 4.02. The molecule has 1 aliphatic heterocycles. The molecule has 0 spiro atoms. The molecule has 10 heteroatoms. The molecule has 1 aromatic carbocycles. The standard InChI is InChI=1S/C18H17F3N4O2.ClH/c1-10-2-3-11(7-23-10)16(26)24-12-4-5-14(19)13(6-12)18(17(20)21)9-27-8-15(22)25-18;/h2-7,17H,8-9H2,1H3,(H2,22,25)(H,24,26);1H/t18-;/m0./s1. The molecule has 2 aromatic rings. The normalized spacial score (nSPS) is 19.0. The number of pyridine rings is 1. The Morgan fingerprint density at radius 1 is 1.32 bits per heavy atom. The third-order valence-corrected chi connectivity index (χ3v) is 4.14. The van der Waals surface area contributed by atoms with Gasteiger partial charge in [0.2, 0.25) is 0 Å². The third-order valence-electron chi connectivity index (χ3n) is 4.14. The molecule has 0 unspecified atom stereocenters. The van der Waals surface area contributed by atoms with Gasteiger partial charge in [0, 0.05) is 23.1 Å². The number of anilines is 1. The van der Waals surface area contributed by atoms with Gasteiger partial charge in [0.05, 0.1) is 12.2 Å². The second-order valence-electron chi connectivity index (χ2n) is 6.16. The van der Waals surface area contributed by atoms with Gasteiger partial charge >= 0.3 is 0 Å². The Morgan fingerprint density at radius 3 is 2.68 bits per heavy atom. The summed E-state index contributed by atoms with van der Waals surface area (Å²) in [6, 6.07) is 6.61. The number of carbonyl (C=O) groups excluding carboxylic acids is 1. The second kappa shape index (κ2) is 8.57. The van der Waals surface area contributed by atoms with Gasteiger partial charge < -0.3 is 15.8 Å². The molecule has 0 aliphatic carbocycles. The van der Waals surface area contributed by atoms with E-state index < -0.39 is 35.9 Å². The quantitative estimate of drug-likeness (QED) is 0.804. The molecule has 1 aromatic heterocycles. The first-order chi connectivity index (χ1) is 12.8. The first-order valence-electron chi connectivity index (χ1n) is 8.06. The first-order valence-corrected chi connectivity index (χ1v) is 8.06. The minimum Gasteiger partial charge on any atom is -0.385 e. The number of amides is 1. The molecule has 150 valence electrons. The van der Waals surface area contributed by atoms with E-state index in [-0.39, 0.29) is 36.1 Å². The Hall–Kier alpha value is -2.65. The van der Waals surface area contributed by atoms with Gasteiger partial charge in [-0.05, 0) is 37.3 Å². The van der Waals surface area contributed by atoms with Crippen LogP contribution in [0, 0.1) is 12.7 Å². The molecule has 28 heavy (non-hydrogen) atoms. The van der Waals surface area contributed by atoms with E-state index in [2.05, 4.69) is 15.3 Å². The maximum atomic E-state index is 14.4. The maximum Gasteiger partial charge on any atom is 0.269 e. The highest BCUT2D eigenvalue weighted by Crippen LogP contribution is 2.37. The summed E-state index contributed by atoms with van der Waals surface area (Å²) in [5, 5.41) is 2.54. The number of hydrogen-bond acceptors (Lipinski definition) is 5. The summed E-state index contributed by atoms with van der Waals surface area (Å²) in [4.78, 5) is 20.1. The van der Waals surface area contributed by atoms with Crippen LogP contribution in [0.4, 0.5) is 18.9 Å². The number of nitrogens with one attached hydrogen (secondary N) is 1. The molecular formula is C18H18ClF3N4O2. The number of rotatable bonds is 4. The molecule has 3 N–H and O–H groups in total. The van der Waals surface area contributed by atoms with E-state index in [0.29, 0.717) is 0 Å². The zero-order valence-electron chi connectivity index (χ0n) is 14.8. The molecule has 1 aliphatic rings. The van der Waals surface area contributed by atoms with Crippen molar-refractivity contribution >= 4 is 29.8 Å². The fourth-order valence-electron chi connectivity index (χ4n) is 2.74. The minimum atomic E-state index is -3.06. The second-order valence-corrected chi connectivity index (χ2v) is 6.16. The topological polar surface area (TPSA) is 89.6 Å². The number of nitrogens with two attached hydrogens (primary N) is 1. The Labute approximate surface area is 165 Å². The van der Waals surface area contributed by atoms with Gasteiger partial charge in [0.25, 0.3) is 12.3 Å². The van der Waals surface area contributed by atoms with Crippen LogP contribution in [-0.4, -0.2) is 36.4 Å². The number of hydrogen-bond donors (Lipinski definition) is 2. The van der Waals surface area contributed by atoms with Crippen molar-refractivity contribution in [3.63, 3.8) is 0 Å². The molecule has 1 amide bonds. The van der Waals surface area contributed by atoms with E-state index in [4.69, 9.17) is 10.5 Å². The van der Waals surface area contributed by atoms with Crippen LogP contribution in [0.3, 0.4) is 0 Å². The number of aromatic nitrogens is 1. The van der Waals surface area contributed by atoms with Crippen LogP contribution in [0.5, 0.6) is 0 Å². The number of ether oxygens (including phenoxy) is 1. The van der Waals surface area contributed by atoms with Crippen molar-refractivity contribution in [2.75, 3.05) is 18.5 Å². The Morgan fingerprint density at radius 2 is 2.07 bits per heavy atom. The first kappa shape index (κ1) is 21.6. The number of benzene rings is 1. The molecule has 0 saturated carbocycles. The zero-order chi connectivity index (χ0) is 19.6. The molecule has 0 radical (unpaired) electrons. The predicted molar refractivity (Wildman–Crippen MR) is 101 cm³/mol. The van der Waals surface area contributed by atoms with Crippen molar-refractivity contribution in [2.45, 2.75) is 18.9 Å². The highest BCUT2D eigenvalue weighted by molar-refractivity contribution is 6.04. The van der Waals surface area contributed by atoms with Gasteiger partial charge in [0.1, 0.15) is 18.3 Å². The lowest BCUT2D eigenvalue weighted by Crippen LogP contribution is -2.45. The van der Waals surface area contributed by atoms with Crippen LogP contribution in [0.25, 0.3) is 0 Å². The van der Waals surface area contributed by atoms with Gasteiger partial charge in [-0.3, -0.25) is 14.8 Å². The molecule has 0 bridgehead atoms. The molecule has 2 heterocycles. The van der Waals surface area contributed by atoms with Gasteiger partial charge in [-0.2, -0.15) is 0 Å². The molecular weight excluding hydrogens is 397 g/mol. The van der Waals surface area contributed by atoms with E-state index in [1.54, 1.807) is 19.1 Å². The van der Waals surface area contributed by atoms with E-state index in [9.17, 15) is 18.0 Å². The Kier molecular flexibility index (Phi) is 6.63. The van der Waals surface area contributed by atoms with Crippen molar-refractivity contribution in [3.05, 3.63) is 59.2 Å². The van der Waals surface area contributed by atoms with E-state index in [1.807, 2.05) is 0 Å². The molecule has 0 fully saturated rings. The lowest BCUT2D eigenvalue weighted by atomic mass is 9.90. The molecule has 6 nitrogen and oxygen atoms in total. The lowest BCUT2D eigenvalue weighted by Gasteiger charge is -2.33. The monoisotopic (exact) mass is 414 g/mol. The van der Waals surface area contributed by atoms with Gasteiger partial charge in [-0.15, -0.1) is 12.4 Å². The number of amidine groups is 1. The fraction of sp³-hybridized carbons (Fsp3) is 0.278. The summed E-state index contributed by atoms with van der Waals surface area (Å²) in [6.45, 7) is 1.14. The molecule has 1 atom stereocenters. The Bertz CT molecular complexity index is 893.